The average Bonchev–Trinajstić information content (AvgIpc) is 2.96. The van der Waals surface area contributed by atoms with Gasteiger partial charge in [-0.05, 0) is 36.4 Å². The van der Waals surface area contributed by atoms with E-state index in [1.807, 2.05) is 0 Å². The molecule has 1 N–H and O–H groups in total. The SMILES string of the molecule is Fc1ccc(-n2cc(CNc3ccc(F)cc3F)cn2)cc1. The van der Waals surface area contributed by atoms with Gasteiger partial charge in [-0.3, -0.25) is 0 Å². The fourth-order valence-electron chi connectivity index (χ4n) is 2.02. The van der Waals surface area contributed by atoms with Crippen LogP contribution in [-0.4, -0.2) is 9.78 Å². The molecule has 1 heterocycles. The van der Waals surface area contributed by atoms with Gasteiger partial charge in [-0.1, -0.05) is 0 Å². The van der Waals surface area contributed by atoms with Crippen molar-refractivity contribution in [3.63, 3.8) is 0 Å². The Morgan fingerprint density at radius 1 is 0.955 bits per heavy atom. The molecular weight excluding hydrogens is 291 g/mol. The van der Waals surface area contributed by atoms with Gasteiger partial charge in [0.15, 0.2) is 0 Å². The van der Waals surface area contributed by atoms with Crippen LogP contribution in [0.3, 0.4) is 0 Å². The summed E-state index contributed by atoms with van der Waals surface area (Å²) in [5.74, 6) is -1.58. The van der Waals surface area contributed by atoms with Gasteiger partial charge in [0.05, 0.1) is 17.6 Å². The maximum absolute atomic E-state index is 13.5. The number of nitrogens with zero attached hydrogens (tertiary/aromatic N) is 2. The van der Waals surface area contributed by atoms with Crippen LogP contribution in [0.2, 0.25) is 0 Å². The zero-order valence-corrected chi connectivity index (χ0v) is 11.4. The molecule has 0 aliphatic heterocycles. The van der Waals surface area contributed by atoms with Gasteiger partial charge in [-0.2, -0.15) is 5.10 Å². The molecule has 1 aromatic heterocycles. The number of hydrogen-bond donors (Lipinski definition) is 1. The highest BCUT2D eigenvalue weighted by molar-refractivity contribution is 5.45. The quantitative estimate of drug-likeness (QED) is 0.792. The van der Waals surface area contributed by atoms with E-state index >= 15 is 0 Å². The number of nitrogens with one attached hydrogen (secondary N) is 1. The number of halogens is 3. The largest absolute Gasteiger partial charge is 0.378 e. The molecule has 6 heteroatoms. The molecule has 0 bridgehead atoms. The van der Waals surface area contributed by atoms with E-state index in [9.17, 15) is 13.2 Å². The third-order valence-electron chi connectivity index (χ3n) is 3.14. The Labute approximate surface area is 125 Å². The molecular formula is C16H12F3N3. The van der Waals surface area contributed by atoms with Crippen molar-refractivity contribution in [1.29, 1.82) is 0 Å². The monoisotopic (exact) mass is 303 g/mol. The molecule has 3 rings (SSSR count). The molecule has 0 fully saturated rings. The summed E-state index contributed by atoms with van der Waals surface area (Å²) in [7, 11) is 0. The lowest BCUT2D eigenvalue weighted by Gasteiger charge is -2.06. The molecule has 3 nitrogen and oxygen atoms in total. The standard InChI is InChI=1S/C16H12F3N3/c17-12-1-4-14(5-2-12)22-10-11(9-21-22)8-20-16-6-3-13(18)7-15(16)19/h1-7,9-10,20H,8H2. The summed E-state index contributed by atoms with van der Waals surface area (Å²) in [6, 6.07) is 9.27. The van der Waals surface area contributed by atoms with Crippen LogP contribution in [0.1, 0.15) is 5.56 Å². The Bertz CT molecular complexity index is 782. The predicted octanol–water partition coefficient (Wildman–Crippen LogP) is 3.90. The number of anilines is 1. The lowest BCUT2D eigenvalue weighted by Crippen LogP contribution is -2.01. The summed E-state index contributed by atoms with van der Waals surface area (Å²) < 4.78 is 40.8. The molecule has 0 aliphatic carbocycles. The van der Waals surface area contributed by atoms with Crippen LogP contribution < -0.4 is 5.32 Å². The molecule has 0 saturated carbocycles. The van der Waals surface area contributed by atoms with Crippen molar-refractivity contribution in [2.75, 3.05) is 5.32 Å². The molecule has 112 valence electrons. The van der Waals surface area contributed by atoms with E-state index in [1.54, 1.807) is 29.2 Å². The van der Waals surface area contributed by atoms with Crippen LogP contribution in [0.4, 0.5) is 18.9 Å². The molecule has 0 radical (unpaired) electrons. The lowest BCUT2D eigenvalue weighted by molar-refractivity contribution is 0.585. The summed E-state index contributed by atoms with van der Waals surface area (Å²) in [6.07, 6.45) is 3.37. The average molecular weight is 303 g/mol. The number of aromatic nitrogens is 2. The minimum Gasteiger partial charge on any atom is -0.378 e. The van der Waals surface area contributed by atoms with Crippen LogP contribution in [0, 0.1) is 17.5 Å². The molecule has 0 saturated heterocycles. The normalized spacial score (nSPS) is 10.7. The zero-order chi connectivity index (χ0) is 15.5. The predicted molar refractivity (Wildman–Crippen MR) is 77.2 cm³/mol. The van der Waals surface area contributed by atoms with Gasteiger partial charge in [-0.15, -0.1) is 0 Å². The van der Waals surface area contributed by atoms with E-state index in [-0.39, 0.29) is 11.5 Å². The minimum absolute atomic E-state index is 0.218. The van der Waals surface area contributed by atoms with Crippen LogP contribution in [0.25, 0.3) is 5.69 Å². The number of benzene rings is 2. The van der Waals surface area contributed by atoms with Crippen molar-refractivity contribution in [3.8, 4) is 5.69 Å². The van der Waals surface area contributed by atoms with Crippen LogP contribution in [0.15, 0.2) is 54.9 Å². The maximum atomic E-state index is 13.5. The van der Waals surface area contributed by atoms with Gasteiger partial charge < -0.3 is 5.32 Å². The van der Waals surface area contributed by atoms with E-state index in [2.05, 4.69) is 10.4 Å². The Hall–Kier alpha value is -2.76. The minimum atomic E-state index is -0.647. The second-order valence-electron chi connectivity index (χ2n) is 4.75. The van der Waals surface area contributed by atoms with Crippen molar-refractivity contribution in [3.05, 3.63) is 77.9 Å². The first-order valence-corrected chi connectivity index (χ1v) is 6.60. The Morgan fingerprint density at radius 2 is 1.68 bits per heavy atom. The summed E-state index contributed by atoms with van der Waals surface area (Å²) >= 11 is 0. The van der Waals surface area contributed by atoms with Crippen LogP contribution in [0.5, 0.6) is 0 Å². The topological polar surface area (TPSA) is 29.9 Å². The van der Waals surface area contributed by atoms with Gasteiger partial charge in [0.2, 0.25) is 0 Å². The van der Waals surface area contributed by atoms with E-state index < -0.39 is 11.6 Å². The van der Waals surface area contributed by atoms with E-state index in [0.717, 1.165) is 17.3 Å². The van der Waals surface area contributed by atoms with Gasteiger partial charge in [0.25, 0.3) is 0 Å². The fourth-order valence-corrected chi connectivity index (χ4v) is 2.02. The first-order valence-electron chi connectivity index (χ1n) is 6.60. The van der Waals surface area contributed by atoms with Crippen molar-refractivity contribution in [2.45, 2.75) is 6.54 Å². The second kappa shape index (κ2) is 5.93. The third kappa shape index (κ3) is 3.11. The highest BCUT2D eigenvalue weighted by Crippen LogP contribution is 2.16. The Balaban J connectivity index is 1.70. The molecule has 0 amide bonds. The first-order chi connectivity index (χ1) is 10.6. The van der Waals surface area contributed by atoms with Crippen molar-refractivity contribution < 1.29 is 13.2 Å². The highest BCUT2D eigenvalue weighted by Gasteiger charge is 2.05. The van der Waals surface area contributed by atoms with Crippen LogP contribution in [-0.2, 0) is 6.54 Å². The van der Waals surface area contributed by atoms with Gasteiger partial charge in [0, 0.05) is 24.4 Å². The Morgan fingerprint density at radius 3 is 2.41 bits per heavy atom. The lowest BCUT2D eigenvalue weighted by atomic mass is 10.2. The van der Waals surface area contributed by atoms with E-state index in [0.29, 0.717) is 6.54 Å². The Kier molecular flexibility index (Phi) is 3.82. The molecule has 22 heavy (non-hydrogen) atoms. The number of rotatable bonds is 4. The van der Waals surface area contributed by atoms with Gasteiger partial charge >= 0.3 is 0 Å². The number of hydrogen-bond acceptors (Lipinski definition) is 2. The fraction of sp³-hybridized carbons (Fsp3) is 0.0625. The molecule has 0 atom stereocenters. The summed E-state index contributed by atoms with van der Waals surface area (Å²) in [5, 5.41) is 7.04. The van der Waals surface area contributed by atoms with E-state index in [4.69, 9.17) is 0 Å². The zero-order valence-electron chi connectivity index (χ0n) is 11.4. The first kappa shape index (κ1) is 14.2. The van der Waals surface area contributed by atoms with Gasteiger partial charge in [0.1, 0.15) is 17.5 Å². The summed E-state index contributed by atoms with van der Waals surface area (Å²) in [5.41, 5.74) is 1.75. The highest BCUT2D eigenvalue weighted by atomic mass is 19.1. The maximum Gasteiger partial charge on any atom is 0.149 e. The van der Waals surface area contributed by atoms with Crippen molar-refractivity contribution in [2.24, 2.45) is 0 Å². The van der Waals surface area contributed by atoms with Crippen molar-refractivity contribution in [1.82, 2.24) is 9.78 Å². The molecule has 0 unspecified atom stereocenters. The van der Waals surface area contributed by atoms with Crippen LogP contribution >= 0.6 is 0 Å². The smallest absolute Gasteiger partial charge is 0.149 e. The second-order valence-corrected chi connectivity index (χ2v) is 4.75. The van der Waals surface area contributed by atoms with Gasteiger partial charge in [-0.25, -0.2) is 17.9 Å². The van der Waals surface area contributed by atoms with E-state index in [1.165, 1.54) is 24.3 Å². The molecule has 3 aromatic rings. The summed E-state index contributed by atoms with van der Waals surface area (Å²) in [6.45, 7) is 0.337. The van der Waals surface area contributed by atoms with Crippen molar-refractivity contribution >= 4 is 5.69 Å². The summed E-state index contributed by atoms with van der Waals surface area (Å²) in [4.78, 5) is 0. The molecule has 0 spiro atoms. The molecule has 0 aliphatic rings. The third-order valence-corrected chi connectivity index (χ3v) is 3.14. The molecule has 2 aromatic carbocycles.